The molecule has 7 heteroatoms. The highest BCUT2D eigenvalue weighted by Gasteiger charge is 2.04. The van der Waals surface area contributed by atoms with Gasteiger partial charge in [0.15, 0.2) is 5.82 Å². The minimum Gasteiger partial charge on any atom is -0.330 e. The molecule has 0 aromatic carbocycles. The maximum absolute atomic E-state index is 5.43. The molecule has 0 fully saturated rings. The lowest BCUT2D eigenvalue weighted by atomic mass is 10.3. The summed E-state index contributed by atoms with van der Waals surface area (Å²) in [7, 11) is 1.90. The van der Waals surface area contributed by atoms with Crippen LogP contribution in [0.1, 0.15) is 11.5 Å². The van der Waals surface area contributed by atoms with Gasteiger partial charge in [0.25, 0.3) is 0 Å². The molecule has 15 heavy (non-hydrogen) atoms. The van der Waals surface area contributed by atoms with Gasteiger partial charge in [-0.1, -0.05) is 5.21 Å². The first kappa shape index (κ1) is 9.78. The molecule has 0 aliphatic heterocycles. The Hall–Kier alpha value is -1.76. The van der Waals surface area contributed by atoms with Gasteiger partial charge >= 0.3 is 0 Å². The molecule has 0 spiro atoms. The molecule has 0 aliphatic rings. The van der Waals surface area contributed by atoms with Gasteiger partial charge in [0.05, 0.1) is 5.69 Å². The summed E-state index contributed by atoms with van der Waals surface area (Å²) in [4.78, 5) is 0. The summed E-state index contributed by atoms with van der Waals surface area (Å²) in [6.45, 7) is 1.16. The van der Waals surface area contributed by atoms with Gasteiger partial charge in [-0.2, -0.15) is 0 Å². The molecule has 2 N–H and O–H groups in total. The second kappa shape index (κ2) is 4.18. The standard InChI is InChI=1S/C8H13N7/c1-14-6-10-12-8(14)5-15-4-7(2-3-9)11-13-15/h4,6H,2-3,5,9H2,1H3. The van der Waals surface area contributed by atoms with Crippen LogP contribution in [0.3, 0.4) is 0 Å². The van der Waals surface area contributed by atoms with Gasteiger partial charge in [0.1, 0.15) is 12.9 Å². The minimum atomic E-state index is 0.577. The topological polar surface area (TPSA) is 87.4 Å². The number of nitrogens with two attached hydrogens (primary N) is 1. The zero-order valence-corrected chi connectivity index (χ0v) is 8.54. The molecular formula is C8H13N7. The van der Waals surface area contributed by atoms with Crippen LogP contribution in [-0.2, 0) is 20.0 Å². The van der Waals surface area contributed by atoms with E-state index in [2.05, 4.69) is 20.5 Å². The first-order valence-corrected chi connectivity index (χ1v) is 4.71. The van der Waals surface area contributed by atoms with Gasteiger partial charge in [0, 0.05) is 19.7 Å². The average molecular weight is 207 g/mol. The highest BCUT2D eigenvalue weighted by Crippen LogP contribution is 1.98. The van der Waals surface area contributed by atoms with Crippen molar-refractivity contribution in [3.8, 4) is 0 Å². The van der Waals surface area contributed by atoms with Crippen LogP contribution in [0.25, 0.3) is 0 Å². The summed E-state index contributed by atoms with van der Waals surface area (Å²) >= 11 is 0. The van der Waals surface area contributed by atoms with Crippen molar-refractivity contribution in [1.82, 2.24) is 29.8 Å². The maximum atomic E-state index is 5.43. The normalized spacial score (nSPS) is 10.8. The van der Waals surface area contributed by atoms with Gasteiger partial charge in [-0.05, 0) is 6.54 Å². The second-order valence-electron chi connectivity index (χ2n) is 3.30. The number of hydrogen-bond donors (Lipinski definition) is 1. The lowest BCUT2D eigenvalue weighted by Crippen LogP contribution is -2.06. The number of nitrogens with zero attached hydrogens (tertiary/aromatic N) is 6. The van der Waals surface area contributed by atoms with Crippen molar-refractivity contribution in [3.63, 3.8) is 0 Å². The Morgan fingerprint density at radius 3 is 2.93 bits per heavy atom. The van der Waals surface area contributed by atoms with E-state index in [1.807, 2.05) is 17.8 Å². The molecule has 0 amide bonds. The lowest BCUT2D eigenvalue weighted by Gasteiger charge is -1.98. The van der Waals surface area contributed by atoms with E-state index in [0.29, 0.717) is 13.1 Å². The highest BCUT2D eigenvalue weighted by molar-refractivity contribution is 4.95. The van der Waals surface area contributed by atoms with Crippen LogP contribution in [0.4, 0.5) is 0 Å². The van der Waals surface area contributed by atoms with E-state index in [1.165, 1.54) is 0 Å². The molecule has 2 heterocycles. The largest absolute Gasteiger partial charge is 0.330 e. The van der Waals surface area contributed by atoms with E-state index in [-0.39, 0.29) is 0 Å². The molecule has 0 atom stereocenters. The van der Waals surface area contributed by atoms with Crippen molar-refractivity contribution < 1.29 is 0 Å². The SMILES string of the molecule is Cn1cnnc1Cn1cc(CCN)nn1. The number of aromatic nitrogens is 6. The van der Waals surface area contributed by atoms with Crippen LogP contribution in [0.15, 0.2) is 12.5 Å². The van der Waals surface area contributed by atoms with Crippen LogP contribution in [0.2, 0.25) is 0 Å². The molecule has 0 unspecified atom stereocenters. The van der Waals surface area contributed by atoms with E-state index >= 15 is 0 Å². The summed E-state index contributed by atoms with van der Waals surface area (Å²) in [6, 6.07) is 0. The zero-order chi connectivity index (χ0) is 10.7. The van der Waals surface area contributed by atoms with E-state index in [0.717, 1.165) is 17.9 Å². The van der Waals surface area contributed by atoms with Crippen molar-refractivity contribution in [3.05, 3.63) is 24.0 Å². The van der Waals surface area contributed by atoms with Crippen LogP contribution in [-0.4, -0.2) is 36.3 Å². The molecule has 2 aromatic rings. The summed E-state index contributed by atoms with van der Waals surface area (Å²) in [5.41, 5.74) is 6.33. The van der Waals surface area contributed by atoms with Crippen molar-refractivity contribution >= 4 is 0 Å². The fraction of sp³-hybridized carbons (Fsp3) is 0.500. The quantitative estimate of drug-likeness (QED) is 0.691. The van der Waals surface area contributed by atoms with E-state index in [9.17, 15) is 0 Å². The van der Waals surface area contributed by atoms with Crippen molar-refractivity contribution in [2.75, 3.05) is 6.54 Å². The Balaban J connectivity index is 2.08. The molecule has 0 bridgehead atoms. The van der Waals surface area contributed by atoms with Gasteiger partial charge in [-0.3, -0.25) is 0 Å². The predicted molar refractivity (Wildman–Crippen MR) is 52.9 cm³/mol. The Morgan fingerprint density at radius 1 is 1.40 bits per heavy atom. The summed E-state index contributed by atoms with van der Waals surface area (Å²) in [5, 5.41) is 15.7. The maximum Gasteiger partial charge on any atom is 0.154 e. The lowest BCUT2D eigenvalue weighted by molar-refractivity contribution is 0.605. The van der Waals surface area contributed by atoms with Crippen LogP contribution in [0, 0.1) is 0 Å². The van der Waals surface area contributed by atoms with Gasteiger partial charge in [-0.25, -0.2) is 4.68 Å². The molecule has 0 saturated heterocycles. The van der Waals surface area contributed by atoms with E-state index in [4.69, 9.17) is 5.73 Å². The monoisotopic (exact) mass is 207 g/mol. The van der Waals surface area contributed by atoms with Crippen LogP contribution in [0.5, 0.6) is 0 Å². The second-order valence-corrected chi connectivity index (χ2v) is 3.30. The van der Waals surface area contributed by atoms with Crippen LogP contribution >= 0.6 is 0 Å². The summed E-state index contributed by atoms with van der Waals surface area (Å²) < 4.78 is 3.58. The van der Waals surface area contributed by atoms with Gasteiger partial charge in [-0.15, -0.1) is 15.3 Å². The molecule has 2 aromatic heterocycles. The van der Waals surface area contributed by atoms with Gasteiger partial charge < -0.3 is 10.3 Å². The number of hydrogen-bond acceptors (Lipinski definition) is 5. The number of aryl methyl sites for hydroxylation is 1. The summed E-state index contributed by atoms with van der Waals surface area (Å²) in [6.07, 6.45) is 4.29. The van der Waals surface area contributed by atoms with Crippen molar-refractivity contribution in [2.24, 2.45) is 12.8 Å². The first-order valence-electron chi connectivity index (χ1n) is 4.71. The first-order chi connectivity index (χ1) is 7.29. The third-order valence-corrected chi connectivity index (χ3v) is 2.10. The Morgan fingerprint density at radius 2 is 2.27 bits per heavy atom. The molecule has 0 radical (unpaired) electrons. The molecule has 7 nitrogen and oxygen atoms in total. The van der Waals surface area contributed by atoms with Crippen molar-refractivity contribution in [2.45, 2.75) is 13.0 Å². The third kappa shape index (κ3) is 2.18. The summed E-state index contributed by atoms with van der Waals surface area (Å²) in [5.74, 6) is 0.846. The molecular weight excluding hydrogens is 194 g/mol. The average Bonchev–Trinajstić information content (AvgIpc) is 2.79. The Labute approximate surface area is 86.9 Å². The predicted octanol–water partition coefficient (Wildman–Crippen LogP) is -1.04. The Kier molecular flexibility index (Phi) is 2.72. The minimum absolute atomic E-state index is 0.577. The fourth-order valence-corrected chi connectivity index (χ4v) is 1.27. The van der Waals surface area contributed by atoms with Crippen molar-refractivity contribution in [1.29, 1.82) is 0 Å². The van der Waals surface area contributed by atoms with Crippen LogP contribution < -0.4 is 5.73 Å². The molecule has 0 aliphatic carbocycles. The number of rotatable bonds is 4. The van der Waals surface area contributed by atoms with E-state index < -0.39 is 0 Å². The fourth-order valence-electron chi connectivity index (χ4n) is 1.27. The molecule has 0 saturated carbocycles. The smallest absolute Gasteiger partial charge is 0.154 e. The molecule has 80 valence electrons. The third-order valence-electron chi connectivity index (χ3n) is 2.10. The Bertz CT molecular complexity index is 430. The highest BCUT2D eigenvalue weighted by atomic mass is 15.4. The van der Waals surface area contributed by atoms with E-state index in [1.54, 1.807) is 11.0 Å². The zero-order valence-electron chi connectivity index (χ0n) is 8.54. The van der Waals surface area contributed by atoms with Gasteiger partial charge in [0.2, 0.25) is 0 Å². The molecule has 2 rings (SSSR count).